The number of ether oxygens (including phenoxy) is 4. The molecule has 0 N–H and O–H groups in total. The zero-order valence-electron chi connectivity index (χ0n) is 22.3. The van der Waals surface area contributed by atoms with Gasteiger partial charge in [-0.2, -0.15) is 0 Å². The molecule has 0 radical (unpaired) electrons. The molecule has 8 nitrogen and oxygen atoms in total. The number of carbonyl (C=O) groups excluding carboxylic acids is 1. The molecule has 10 heteroatoms. The quantitative estimate of drug-likeness (QED) is 0.209. The highest BCUT2D eigenvalue weighted by atomic mass is 32.1. The number of methoxy groups -OCH3 is 2. The maximum Gasteiger partial charge on any atom is 0.338 e. The minimum Gasteiger partial charge on any atom is -0.493 e. The number of thiophene rings is 1. The van der Waals surface area contributed by atoms with E-state index in [-0.39, 0.29) is 24.3 Å². The van der Waals surface area contributed by atoms with E-state index in [1.165, 1.54) is 18.4 Å². The van der Waals surface area contributed by atoms with Crippen molar-refractivity contribution in [1.82, 2.24) is 4.57 Å². The van der Waals surface area contributed by atoms with E-state index in [2.05, 4.69) is 4.99 Å². The molecule has 0 spiro atoms. The molecular weight excluding hydrogens is 548 g/mol. The van der Waals surface area contributed by atoms with Crippen molar-refractivity contribution < 1.29 is 23.7 Å². The summed E-state index contributed by atoms with van der Waals surface area (Å²) in [5.41, 5.74) is 2.22. The zero-order valence-corrected chi connectivity index (χ0v) is 23.9. The summed E-state index contributed by atoms with van der Waals surface area (Å²) in [5.74, 6) is 0.472. The lowest BCUT2D eigenvalue weighted by Crippen LogP contribution is -2.40. The van der Waals surface area contributed by atoms with Gasteiger partial charge in [-0.3, -0.25) is 9.36 Å². The fourth-order valence-corrected chi connectivity index (χ4v) is 6.17. The Hall–Kier alpha value is -3.99. The van der Waals surface area contributed by atoms with Gasteiger partial charge in [0.2, 0.25) is 0 Å². The van der Waals surface area contributed by atoms with E-state index in [0.717, 1.165) is 10.4 Å². The number of allylic oxidation sites excluding steroid dienone is 1. The molecule has 0 saturated carbocycles. The third kappa shape index (κ3) is 5.79. The van der Waals surface area contributed by atoms with Gasteiger partial charge in [0, 0.05) is 12.0 Å². The lowest BCUT2D eigenvalue weighted by Gasteiger charge is -2.25. The van der Waals surface area contributed by atoms with Gasteiger partial charge in [-0.1, -0.05) is 53.8 Å². The average molecular weight is 577 g/mol. The molecule has 5 rings (SSSR count). The summed E-state index contributed by atoms with van der Waals surface area (Å²) in [6, 6.07) is 18.4. The van der Waals surface area contributed by atoms with Crippen LogP contribution >= 0.6 is 22.7 Å². The highest BCUT2D eigenvalue weighted by Gasteiger charge is 2.34. The summed E-state index contributed by atoms with van der Waals surface area (Å²) in [7, 11) is 3.09. The molecule has 1 atom stereocenters. The number of hydrogen-bond donors (Lipinski definition) is 0. The van der Waals surface area contributed by atoms with Crippen LogP contribution in [0.4, 0.5) is 0 Å². The van der Waals surface area contributed by atoms with Crippen LogP contribution in [0, 0.1) is 0 Å². The molecule has 0 aliphatic carbocycles. The SMILES string of the molecule is COCCOC(=O)C1=C(C)N=c2s/c(=C\c3cccs3)c(=O)n2C1c1ccc(OCc2ccccc2)c(OC)c1. The van der Waals surface area contributed by atoms with Crippen LogP contribution in [0.1, 0.15) is 29.0 Å². The molecule has 206 valence electrons. The molecular formula is C30H28N2O6S2. The second kappa shape index (κ2) is 12.5. The van der Waals surface area contributed by atoms with Crippen molar-refractivity contribution >= 4 is 34.7 Å². The van der Waals surface area contributed by atoms with Gasteiger partial charge >= 0.3 is 5.97 Å². The van der Waals surface area contributed by atoms with Crippen LogP contribution in [0.15, 0.2) is 87.1 Å². The van der Waals surface area contributed by atoms with Gasteiger partial charge in [0.1, 0.15) is 13.2 Å². The van der Waals surface area contributed by atoms with Crippen LogP contribution in [0.3, 0.4) is 0 Å². The van der Waals surface area contributed by atoms with Gasteiger partial charge in [0.05, 0.1) is 35.6 Å². The van der Waals surface area contributed by atoms with Gasteiger partial charge in [-0.15, -0.1) is 11.3 Å². The Balaban J connectivity index is 1.59. The van der Waals surface area contributed by atoms with E-state index in [4.69, 9.17) is 18.9 Å². The maximum atomic E-state index is 13.8. The van der Waals surface area contributed by atoms with Crippen molar-refractivity contribution in [1.29, 1.82) is 0 Å². The summed E-state index contributed by atoms with van der Waals surface area (Å²) in [4.78, 5) is 33.2. The third-order valence-corrected chi connectivity index (χ3v) is 8.12. The first-order valence-electron chi connectivity index (χ1n) is 12.6. The first-order chi connectivity index (χ1) is 19.5. The molecule has 1 unspecified atom stereocenters. The molecule has 1 aliphatic rings. The Labute approximate surface area is 239 Å². The number of fused-ring (bicyclic) bond motifs is 1. The number of rotatable bonds is 10. The van der Waals surface area contributed by atoms with Gasteiger partial charge in [-0.05, 0) is 47.7 Å². The highest BCUT2D eigenvalue weighted by molar-refractivity contribution is 7.11. The first kappa shape index (κ1) is 27.6. The number of carbonyl (C=O) groups is 1. The number of benzene rings is 2. The predicted octanol–water partition coefficient (Wildman–Crippen LogP) is 4.07. The molecule has 1 aliphatic heterocycles. The number of hydrogen-bond acceptors (Lipinski definition) is 9. The van der Waals surface area contributed by atoms with E-state index in [9.17, 15) is 9.59 Å². The summed E-state index contributed by atoms with van der Waals surface area (Å²) in [6.45, 7) is 2.46. The minimum absolute atomic E-state index is 0.0806. The van der Waals surface area contributed by atoms with Crippen LogP contribution < -0.4 is 24.4 Å². The topological polar surface area (TPSA) is 88.4 Å². The first-order valence-corrected chi connectivity index (χ1v) is 14.3. The number of esters is 1. The van der Waals surface area contributed by atoms with Crippen LogP contribution in [0.5, 0.6) is 11.5 Å². The Morgan fingerprint density at radius 3 is 2.60 bits per heavy atom. The van der Waals surface area contributed by atoms with E-state index >= 15 is 0 Å². The van der Waals surface area contributed by atoms with Gasteiger partial charge in [0.15, 0.2) is 16.3 Å². The maximum absolute atomic E-state index is 13.8. The molecule has 0 bridgehead atoms. The highest BCUT2D eigenvalue weighted by Crippen LogP contribution is 2.36. The summed E-state index contributed by atoms with van der Waals surface area (Å²) >= 11 is 2.83. The Kier molecular flexibility index (Phi) is 8.59. The Bertz CT molecular complexity index is 1700. The Morgan fingerprint density at radius 2 is 1.88 bits per heavy atom. The molecule has 40 heavy (non-hydrogen) atoms. The smallest absolute Gasteiger partial charge is 0.338 e. The van der Waals surface area contributed by atoms with Gasteiger partial charge < -0.3 is 18.9 Å². The molecule has 3 heterocycles. The standard InChI is InChI=1S/C30H28N2O6S2/c1-19-26(29(34)37-14-13-35-2)27(32-28(33)25(40-30(32)31-19)17-22-10-7-15-39-22)21-11-12-23(24(16-21)36-3)38-18-20-8-5-4-6-9-20/h4-12,15-17,27H,13-14,18H2,1-3H3/b25-17-. The fourth-order valence-electron chi connectivity index (χ4n) is 4.40. The molecule has 4 aromatic rings. The molecule has 0 saturated heterocycles. The normalized spacial score (nSPS) is 15.0. The molecule has 2 aromatic carbocycles. The lowest BCUT2D eigenvalue weighted by molar-refractivity contribution is -0.140. The third-order valence-electron chi connectivity index (χ3n) is 6.32. The minimum atomic E-state index is -0.770. The van der Waals surface area contributed by atoms with Crippen LogP contribution in [-0.4, -0.2) is 38.0 Å². The van der Waals surface area contributed by atoms with E-state index in [0.29, 0.717) is 38.7 Å². The number of thiazole rings is 1. The fraction of sp³-hybridized carbons (Fsp3) is 0.233. The summed E-state index contributed by atoms with van der Waals surface area (Å²) < 4.78 is 24.3. The van der Waals surface area contributed by atoms with E-state index in [1.807, 2.05) is 60.0 Å². The number of aromatic nitrogens is 1. The van der Waals surface area contributed by atoms with Crippen molar-refractivity contribution in [2.75, 3.05) is 27.4 Å². The van der Waals surface area contributed by atoms with Crippen molar-refractivity contribution in [3.05, 3.63) is 113 Å². The summed E-state index contributed by atoms with van der Waals surface area (Å²) in [6.07, 6.45) is 1.85. The van der Waals surface area contributed by atoms with Crippen molar-refractivity contribution in [3.8, 4) is 11.5 Å². The van der Waals surface area contributed by atoms with Crippen molar-refractivity contribution in [2.24, 2.45) is 4.99 Å². The monoisotopic (exact) mass is 576 g/mol. The Morgan fingerprint density at radius 1 is 1.05 bits per heavy atom. The zero-order chi connectivity index (χ0) is 28.1. The van der Waals surface area contributed by atoms with Crippen LogP contribution in [0.2, 0.25) is 0 Å². The molecule has 0 fully saturated rings. The van der Waals surface area contributed by atoms with Gasteiger partial charge in [0.25, 0.3) is 5.56 Å². The average Bonchev–Trinajstić information content (AvgIpc) is 3.59. The van der Waals surface area contributed by atoms with Gasteiger partial charge in [-0.25, -0.2) is 9.79 Å². The van der Waals surface area contributed by atoms with Crippen molar-refractivity contribution in [3.63, 3.8) is 0 Å². The van der Waals surface area contributed by atoms with Crippen LogP contribution in [-0.2, 0) is 20.9 Å². The van der Waals surface area contributed by atoms with Crippen LogP contribution in [0.25, 0.3) is 6.08 Å². The second-order valence-corrected chi connectivity index (χ2v) is 10.9. The lowest BCUT2D eigenvalue weighted by atomic mass is 9.95. The molecule has 2 aromatic heterocycles. The van der Waals surface area contributed by atoms with Crippen molar-refractivity contribution in [2.45, 2.75) is 19.6 Å². The number of nitrogens with zero attached hydrogens (tertiary/aromatic N) is 2. The second-order valence-electron chi connectivity index (χ2n) is 8.91. The molecule has 0 amide bonds. The van der Waals surface area contributed by atoms with E-state index in [1.54, 1.807) is 42.1 Å². The van der Waals surface area contributed by atoms with E-state index < -0.39 is 12.0 Å². The largest absolute Gasteiger partial charge is 0.493 e. The summed E-state index contributed by atoms with van der Waals surface area (Å²) in [5, 5.41) is 1.96. The predicted molar refractivity (Wildman–Crippen MR) is 155 cm³/mol.